The van der Waals surface area contributed by atoms with Crippen LogP contribution in [-0.2, 0) is 0 Å². The van der Waals surface area contributed by atoms with Gasteiger partial charge in [0, 0.05) is 23.4 Å². The summed E-state index contributed by atoms with van der Waals surface area (Å²) in [6, 6.07) is 5.86. The largest absolute Gasteiger partial charge is 0.322 e. The summed E-state index contributed by atoms with van der Waals surface area (Å²) in [5.74, 6) is -5.63. The zero-order valence-corrected chi connectivity index (χ0v) is 9.38. The Morgan fingerprint density at radius 3 is 1.95 bits per heavy atom. The molecule has 0 saturated carbocycles. The molecule has 19 heavy (non-hydrogen) atoms. The molecular weight excluding hydrogens is 262 g/mol. The molecule has 98 valence electrons. The average molecular weight is 269 g/mol. The third-order valence-electron chi connectivity index (χ3n) is 2.35. The van der Waals surface area contributed by atoms with Crippen LogP contribution in [0, 0.1) is 23.3 Å². The first-order valence-corrected chi connectivity index (χ1v) is 5.19. The second-order valence-corrected chi connectivity index (χ2v) is 3.71. The molecule has 0 saturated heterocycles. The highest BCUT2D eigenvalue weighted by molar-refractivity contribution is 6.04. The number of hydrogen-bond acceptors (Lipinski definition) is 1. The highest BCUT2D eigenvalue weighted by Gasteiger charge is 2.13. The second kappa shape index (κ2) is 5.09. The lowest BCUT2D eigenvalue weighted by Gasteiger charge is -2.06. The van der Waals surface area contributed by atoms with Gasteiger partial charge in [0.25, 0.3) is 5.91 Å². The van der Waals surface area contributed by atoms with Crippen LogP contribution in [-0.4, -0.2) is 5.91 Å². The number of benzene rings is 2. The summed E-state index contributed by atoms with van der Waals surface area (Å²) in [7, 11) is 0. The van der Waals surface area contributed by atoms with Crippen molar-refractivity contribution in [2.45, 2.75) is 0 Å². The molecule has 1 amide bonds. The standard InChI is InChI=1S/C13H7F4NO/c14-8-3-1-7(2-4-8)13(19)18-9-5-10(15)12(17)11(16)6-9/h1-6H,(H,18,19). The topological polar surface area (TPSA) is 29.1 Å². The number of halogens is 4. The Morgan fingerprint density at radius 2 is 1.42 bits per heavy atom. The molecule has 0 unspecified atom stereocenters. The van der Waals surface area contributed by atoms with E-state index in [1.54, 1.807) is 0 Å². The third kappa shape index (κ3) is 2.90. The summed E-state index contributed by atoms with van der Waals surface area (Å²) in [5.41, 5.74) is -0.128. The molecule has 0 aromatic heterocycles. The highest BCUT2D eigenvalue weighted by Crippen LogP contribution is 2.18. The smallest absolute Gasteiger partial charge is 0.255 e. The van der Waals surface area contributed by atoms with E-state index in [1.807, 2.05) is 0 Å². The number of nitrogens with one attached hydrogen (secondary N) is 1. The molecule has 0 heterocycles. The van der Waals surface area contributed by atoms with Crippen molar-refractivity contribution < 1.29 is 22.4 Å². The summed E-state index contributed by atoms with van der Waals surface area (Å²) >= 11 is 0. The van der Waals surface area contributed by atoms with Gasteiger partial charge in [0.2, 0.25) is 0 Å². The van der Waals surface area contributed by atoms with E-state index in [1.165, 1.54) is 12.1 Å². The van der Waals surface area contributed by atoms with Crippen LogP contribution in [0.5, 0.6) is 0 Å². The fraction of sp³-hybridized carbons (Fsp3) is 0. The Balaban J connectivity index is 2.22. The summed E-state index contributed by atoms with van der Waals surface area (Å²) in [6.45, 7) is 0. The number of carbonyl (C=O) groups is 1. The average Bonchev–Trinajstić information content (AvgIpc) is 2.36. The van der Waals surface area contributed by atoms with Crippen molar-refractivity contribution in [1.82, 2.24) is 0 Å². The summed E-state index contributed by atoms with van der Waals surface area (Å²) in [6.07, 6.45) is 0. The maximum atomic E-state index is 12.9. The van der Waals surface area contributed by atoms with Crippen LogP contribution in [0.2, 0.25) is 0 Å². The molecule has 2 aromatic rings. The van der Waals surface area contributed by atoms with Crippen LogP contribution in [0.15, 0.2) is 36.4 Å². The van der Waals surface area contributed by atoms with Gasteiger partial charge in [-0.1, -0.05) is 0 Å². The number of amides is 1. The molecule has 0 spiro atoms. The van der Waals surface area contributed by atoms with Crippen LogP contribution < -0.4 is 5.32 Å². The van der Waals surface area contributed by atoms with Crippen molar-refractivity contribution in [3.63, 3.8) is 0 Å². The lowest BCUT2D eigenvalue weighted by atomic mass is 10.2. The van der Waals surface area contributed by atoms with E-state index in [-0.39, 0.29) is 11.3 Å². The van der Waals surface area contributed by atoms with E-state index in [0.717, 1.165) is 12.1 Å². The molecule has 0 fully saturated rings. The summed E-state index contributed by atoms with van der Waals surface area (Å²) < 4.78 is 51.2. The maximum Gasteiger partial charge on any atom is 0.255 e. The number of rotatable bonds is 2. The molecule has 2 nitrogen and oxygen atoms in total. The minimum absolute atomic E-state index is 0.103. The van der Waals surface area contributed by atoms with Crippen molar-refractivity contribution in [3.8, 4) is 0 Å². The van der Waals surface area contributed by atoms with Gasteiger partial charge < -0.3 is 5.32 Å². The summed E-state index contributed by atoms with van der Waals surface area (Å²) in [4.78, 5) is 11.7. The van der Waals surface area contributed by atoms with Crippen LogP contribution in [0.4, 0.5) is 23.2 Å². The Morgan fingerprint density at radius 1 is 0.895 bits per heavy atom. The van der Waals surface area contributed by atoms with Crippen molar-refractivity contribution in [3.05, 3.63) is 65.2 Å². The molecule has 0 atom stereocenters. The molecule has 0 aliphatic heterocycles. The first-order valence-electron chi connectivity index (χ1n) is 5.19. The van der Waals surface area contributed by atoms with E-state index in [0.29, 0.717) is 12.1 Å². The van der Waals surface area contributed by atoms with Gasteiger partial charge in [-0.25, -0.2) is 17.6 Å². The Labute approximate surface area is 105 Å². The lowest BCUT2D eigenvalue weighted by molar-refractivity contribution is 0.102. The summed E-state index contributed by atoms with van der Waals surface area (Å²) in [5, 5.41) is 2.18. The maximum absolute atomic E-state index is 12.9. The molecule has 1 N–H and O–H groups in total. The fourth-order valence-corrected chi connectivity index (χ4v) is 1.43. The fourth-order valence-electron chi connectivity index (χ4n) is 1.43. The molecule has 6 heteroatoms. The Bertz CT molecular complexity index is 602. The first-order chi connectivity index (χ1) is 8.97. The quantitative estimate of drug-likeness (QED) is 0.656. The monoisotopic (exact) mass is 269 g/mol. The minimum Gasteiger partial charge on any atom is -0.322 e. The molecular formula is C13H7F4NO. The molecule has 0 bridgehead atoms. The van der Waals surface area contributed by atoms with Gasteiger partial charge in [0.05, 0.1) is 0 Å². The molecule has 2 rings (SSSR count). The molecule has 2 aromatic carbocycles. The van der Waals surface area contributed by atoms with Gasteiger partial charge >= 0.3 is 0 Å². The van der Waals surface area contributed by atoms with Crippen molar-refractivity contribution in [2.24, 2.45) is 0 Å². The number of carbonyl (C=O) groups excluding carboxylic acids is 1. The normalized spacial score (nSPS) is 10.3. The zero-order chi connectivity index (χ0) is 14.0. The van der Waals surface area contributed by atoms with E-state index in [9.17, 15) is 22.4 Å². The number of anilines is 1. The first kappa shape index (κ1) is 13.1. The third-order valence-corrected chi connectivity index (χ3v) is 2.35. The van der Waals surface area contributed by atoms with Gasteiger partial charge in [-0.05, 0) is 24.3 Å². The van der Waals surface area contributed by atoms with E-state index < -0.39 is 29.2 Å². The zero-order valence-electron chi connectivity index (χ0n) is 9.38. The van der Waals surface area contributed by atoms with Crippen LogP contribution >= 0.6 is 0 Å². The van der Waals surface area contributed by atoms with E-state index in [2.05, 4.69) is 5.32 Å². The van der Waals surface area contributed by atoms with Gasteiger partial charge in [-0.15, -0.1) is 0 Å². The number of hydrogen-bond donors (Lipinski definition) is 1. The van der Waals surface area contributed by atoms with Crippen molar-refractivity contribution >= 4 is 11.6 Å². The van der Waals surface area contributed by atoms with Gasteiger partial charge in [0.1, 0.15) is 5.82 Å². The van der Waals surface area contributed by atoms with Crippen LogP contribution in [0.25, 0.3) is 0 Å². The van der Waals surface area contributed by atoms with Crippen molar-refractivity contribution in [2.75, 3.05) is 5.32 Å². The van der Waals surface area contributed by atoms with E-state index in [4.69, 9.17) is 0 Å². The molecule has 0 aliphatic rings. The predicted molar refractivity (Wildman–Crippen MR) is 60.7 cm³/mol. The van der Waals surface area contributed by atoms with Gasteiger partial charge in [-0.2, -0.15) is 0 Å². The SMILES string of the molecule is O=C(Nc1cc(F)c(F)c(F)c1)c1ccc(F)cc1. The molecule has 0 radical (unpaired) electrons. The van der Waals surface area contributed by atoms with Gasteiger partial charge in [0.15, 0.2) is 17.5 Å². The van der Waals surface area contributed by atoms with Crippen LogP contribution in [0.3, 0.4) is 0 Å². The molecule has 0 aliphatic carbocycles. The van der Waals surface area contributed by atoms with Gasteiger partial charge in [-0.3, -0.25) is 4.79 Å². The minimum atomic E-state index is -1.61. The highest BCUT2D eigenvalue weighted by atomic mass is 19.2. The van der Waals surface area contributed by atoms with Crippen molar-refractivity contribution in [1.29, 1.82) is 0 Å². The Hall–Kier alpha value is -2.37. The van der Waals surface area contributed by atoms with Crippen LogP contribution in [0.1, 0.15) is 10.4 Å². The Kier molecular flexibility index (Phi) is 3.50. The predicted octanol–water partition coefficient (Wildman–Crippen LogP) is 3.50. The second-order valence-electron chi connectivity index (χ2n) is 3.71. The van der Waals surface area contributed by atoms with E-state index >= 15 is 0 Å². The lowest BCUT2D eigenvalue weighted by Crippen LogP contribution is -2.12.